The SMILES string of the molecule is CC1CC(C)CC(n2c(N)nc3cc(Cl)c(Cl)cc32)C1. The van der Waals surface area contributed by atoms with Gasteiger partial charge in [-0.2, -0.15) is 0 Å². The minimum Gasteiger partial charge on any atom is -0.369 e. The molecule has 3 rings (SSSR count). The molecule has 1 aromatic heterocycles. The van der Waals surface area contributed by atoms with Crippen molar-refractivity contribution in [2.75, 3.05) is 5.73 Å². The summed E-state index contributed by atoms with van der Waals surface area (Å²) in [5, 5.41) is 1.08. The van der Waals surface area contributed by atoms with E-state index < -0.39 is 0 Å². The van der Waals surface area contributed by atoms with E-state index in [2.05, 4.69) is 23.4 Å². The molecule has 20 heavy (non-hydrogen) atoms. The first kappa shape index (κ1) is 14.0. The molecule has 1 aliphatic carbocycles. The van der Waals surface area contributed by atoms with Gasteiger partial charge >= 0.3 is 0 Å². The Morgan fingerprint density at radius 1 is 1.10 bits per heavy atom. The van der Waals surface area contributed by atoms with Gasteiger partial charge < -0.3 is 10.3 Å². The van der Waals surface area contributed by atoms with Gasteiger partial charge in [0.05, 0.1) is 21.1 Å². The maximum Gasteiger partial charge on any atom is 0.201 e. The number of imidazole rings is 1. The summed E-state index contributed by atoms with van der Waals surface area (Å²) in [6, 6.07) is 4.07. The Bertz CT molecular complexity index is 640. The smallest absolute Gasteiger partial charge is 0.201 e. The molecule has 0 bridgehead atoms. The van der Waals surface area contributed by atoms with Crippen LogP contribution < -0.4 is 5.73 Å². The molecule has 0 radical (unpaired) electrons. The highest BCUT2D eigenvalue weighted by atomic mass is 35.5. The lowest BCUT2D eigenvalue weighted by atomic mass is 9.80. The first-order chi connectivity index (χ1) is 9.45. The molecule has 0 spiro atoms. The molecule has 0 aliphatic heterocycles. The van der Waals surface area contributed by atoms with Crippen molar-refractivity contribution in [3.63, 3.8) is 0 Å². The van der Waals surface area contributed by atoms with Crippen LogP contribution in [0.25, 0.3) is 11.0 Å². The Morgan fingerprint density at radius 3 is 2.35 bits per heavy atom. The molecule has 0 amide bonds. The first-order valence-corrected chi connectivity index (χ1v) is 7.83. The van der Waals surface area contributed by atoms with Gasteiger partial charge in [-0.15, -0.1) is 0 Å². The van der Waals surface area contributed by atoms with Crippen LogP contribution >= 0.6 is 23.2 Å². The van der Waals surface area contributed by atoms with Gasteiger partial charge in [0.1, 0.15) is 0 Å². The number of nitrogen functional groups attached to an aromatic ring is 1. The van der Waals surface area contributed by atoms with E-state index in [-0.39, 0.29) is 0 Å². The van der Waals surface area contributed by atoms with E-state index in [1.807, 2.05) is 6.07 Å². The summed E-state index contributed by atoms with van der Waals surface area (Å²) in [5.41, 5.74) is 7.95. The summed E-state index contributed by atoms with van der Waals surface area (Å²) in [5.74, 6) is 1.98. The highest BCUT2D eigenvalue weighted by molar-refractivity contribution is 6.42. The lowest BCUT2D eigenvalue weighted by Crippen LogP contribution is -2.23. The van der Waals surface area contributed by atoms with Crippen LogP contribution in [0.5, 0.6) is 0 Å². The summed E-state index contributed by atoms with van der Waals surface area (Å²) in [7, 11) is 0. The molecular formula is C15H19Cl2N3. The van der Waals surface area contributed by atoms with Gasteiger partial charge in [-0.25, -0.2) is 4.98 Å². The molecule has 1 aliphatic rings. The number of anilines is 1. The lowest BCUT2D eigenvalue weighted by molar-refractivity contribution is 0.226. The van der Waals surface area contributed by atoms with Crippen molar-refractivity contribution in [1.29, 1.82) is 0 Å². The van der Waals surface area contributed by atoms with Crippen LogP contribution in [-0.4, -0.2) is 9.55 Å². The summed E-state index contributed by atoms with van der Waals surface area (Å²) >= 11 is 12.2. The van der Waals surface area contributed by atoms with Crippen molar-refractivity contribution in [2.45, 2.75) is 39.2 Å². The number of rotatable bonds is 1. The molecule has 1 saturated carbocycles. The van der Waals surface area contributed by atoms with E-state index in [4.69, 9.17) is 28.9 Å². The van der Waals surface area contributed by atoms with Gasteiger partial charge in [-0.05, 0) is 43.2 Å². The van der Waals surface area contributed by atoms with Crippen molar-refractivity contribution in [2.24, 2.45) is 11.8 Å². The second kappa shape index (κ2) is 5.12. The van der Waals surface area contributed by atoms with Crippen LogP contribution in [-0.2, 0) is 0 Å². The Hall–Kier alpha value is -0.930. The number of hydrogen-bond acceptors (Lipinski definition) is 2. The van der Waals surface area contributed by atoms with Gasteiger partial charge in [-0.1, -0.05) is 37.0 Å². The third kappa shape index (κ3) is 2.38. The third-order valence-electron chi connectivity index (χ3n) is 4.28. The number of hydrogen-bond donors (Lipinski definition) is 1. The van der Waals surface area contributed by atoms with Crippen LogP contribution in [0.2, 0.25) is 10.0 Å². The molecule has 2 N–H and O–H groups in total. The molecule has 5 heteroatoms. The Balaban J connectivity index is 2.10. The topological polar surface area (TPSA) is 43.8 Å². The normalized spacial score (nSPS) is 27.1. The minimum atomic E-state index is 0.399. The van der Waals surface area contributed by atoms with E-state index in [1.54, 1.807) is 6.07 Å². The van der Waals surface area contributed by atoms with Crippen molar-refractivity contribution in [3.8, 4) is 0 Å². The van der Waals surface area contributed by atoms with Gasteiger partial charge in [0.15, 0.2) is 0 Å². The van der Waals surface area contributed by atoms with Crippen molar-refractivity contribution >= 4 is 40.2 Å². The van der Waals surface area contributed by atoms with E-state index in [0.29, 0.717) is 33.9 Å². The average Bonchev–Trinajstić information content (AvgIpc) is 2.64. The van der Waals surface area contributed by atoms with Gasteiger partial charge in [0, 0.05) is 6.04 Å². The zero-order chi connectivity index (χ0) is 14.4. The highest BCUT2D eigenvalue weighted by Gasteiger charge is 2.27. The quantitative estimate of drug-likeness (QED) is 0.812. The van der Waals surface area contributed by atoms with Crippen molar-refractivity contribution in [1.82, 2.24) is 9.55 Å². The molecule has 1 fully saturated rings. The monoisotopic (exact) mass is 311 g/mol. The van der Waals surface area contributed by atoms with Crippen LogP contribution in [0.4, 0.5) is 5.95 Å². The Labute approximate surface area is 129 Å². The molecule has 3 nitrogen and oxygen atoms in total. The number of nitrogens with zero attached hydrogens (tertiary/aromatic N) is 2. The van der Waals surface area contributed by atoms with E-state index >= 15 is 0 Å². The maximum absolute atomic E-state index is 6.15. The molecule has 1 heterocycles. The molecule has 2 unspecified atom stereocenters. The zero-order valence-electron chi connectivity index (χ0n) is 11.7. The average molecular weight is 312 g/mol. The molecule has 1 aromatic carbocycles. The fourth-order valence-electron chi connectivity index (χ4n) is 3.61. The Kier molecular flexibility index (Phi) is 3.59. The number of benzene rings is 1. The van der Waals surface area contributed by atoms with Gasteiger partial charge in [0.2, 0.25) is 5.95 Å². The molecule has 108 valence electrons. The predicted molar refractivity (Wildman–Crippen MR) is 85.4 cm³/mol. The van der Waals surface area contributed by atoms with E-state index in [9.17, 15) is 0 Å². The van der Waals surface area contributed by atoms with Gasteiger partial charge in [-0.3, -0.25) is 0 Å². The summed E-state index contributed by atoms with van der Waals surface area (Å²) in [6.07, 6.45) is 3.57. The van der Waals surface area contributed by atoms with Crippen LogP contribution in [0.3, 0.4) is 0 Å². The lowest BCUT2D eigenvalue weighted by Gasteiger charge is -2.33. The zero-order valence-corrected chi connectivity index (χ0v) is 13.2. The first-order valence-electron chi connectivity index (χ1n) is 7.08. The largest absolute Gasteiger partial charge is 0.369 e. The van der Waals surface area contributed by atoms with Crippen molar-refractivity contribution < 1.29 is 0 Å². The second-order valence-corrected chi connectivity index (χ2v) is 6.98. The number of aromatic nitrogens is 2. The van der Waals surface area contributed by atoms with Crippen LogP contribution in [0, 0.1) is 11.8 Å². The van der Waals surface area contributed by atoms with E-state index in [1.165, 1.54) is 6.42 Å². The fourth-order valence-corrected chi connectivity index (χ4v) is 3.92. The number of nitrogens with two attached hydrogens (primary N) is 1. The molecule has 2 atom stereocenters. The minimum absolute atomic E-state index is 0.399. The van der Waals surface area contributed by atoms with Gasteiger partial charge in [0.25, 0.3) is 0 Å². The number of halogens is 2. The third-order valence-corrected chi connectivity index (χ3v) is 5.00. The molecule has 2 aromatic rings. The maximum atomic E-state index is 6.15. The molecular weight excluding hydrogens is 293 g/mol. The second-order valence-electron chi connectivity index (χ2n) is 6.17. The fraction of sp³-hybridized carbons (Fsp3) is 0.533. The predicted octanol–water partition coefficient (Wildman–Crippen LogP) is 4.92. The standard InChI is InChI=1S/C15H19Cl2N3/c1-8-3-9(2)5-10(4-8)20-14-7-12(17)11(16)6-13(14)19-15(20)18/h6-10H,3-5H2,1-2H3,(H2,18,19). The Morgan fingerprint density at radius 2 is 1.70 bits per heavy atom. The summed E-state index contributed by atoms with van der Waals surface area (Å²) in [4.78, 5) is 4.44. The van der Waals surface area contributed by atoms with Crippen LogP contribution in [0.15, 0.2) is 12.1 Å². The number of fused-ring (bicyclic) bond motifs is 1. The molecule has 0 saturated heterocycles. The van der Waals surface area contributed by atoms with Crippen LogP contribution in [0.1, 0.15) is 39.2 Å². The highest BCUT2D eigenvalue weighted by Crippen LogP contribution is 2.40. The summed E-state index contributed by atoms with van der Waals surface area (Å²) < 4.78 is 2.14. The van der Waals surface area contributed by atoms with Crippen molar-refractivity contribution in [3.05, 3.63) is 22.2 Å². The van der Waals surface area contributed by atoms with E-state index in [0.717, 1.165) is 23.9 Å². The summed E-state index contributed by atoms with van der Waals surface area (Å²) in [6.45, 7) is 4.61.